The van der Waals surface area contributed by atoms with Gasteiger partial charge in [0.25, 0.3) is 5.56 Å². The minimum atomic E-state index is -0.496. The van der Waals surface area contributed by atoms with Crippen molar-refractivity contribution >= 4 is 11.7 Å². The van der Waals surface area contributed by atoms with Crippen molar-refractivity contribution < 1.29 is 4.79 Å². The molecule has 26 heavy (non-hydrogen) atoms. The first-order chi connectivity index (χ1) is 12.5. The molecule has 1 aliphatic heterocycles. The fraction of sp³-hybridized carbons (Fsp3) is 0.471. The lowest BCUT2D eigenvalue weighted by Gasteiger charge is -2.36. The van der Waals surface area contributed by atoms with Crippen LogP contribution in [0.5, 0.6) is 0 Å². The van der Waals surface area contributed by atoms with Crippen molar-refractivity contribution in [3.8, 4) is 0 Å². The summed E-state index contributed by atoms with van der Waals surface area (Å²) in [6.45, 7) is 6.86. The van der Waals surface area contributed by atoms with Crippen LogP contribution in [0, 0.1) is 13.8 Å². The Hall–Kier alpha value is -2.97. The summed E-state index contributed by atoms with van der Waals surface area (Å²) in [6, 6.07) is 1.27. The third kappa shape index (κ3) is 3.81. The molecular formula is C17H22N6O3. The van der Waals surface area contributed by atoms with Crippen LogP contribution in [0.1, 0.15) is 17.7 Å². The second-order valence-electron chi connectivity index (χ2n) is 6.33. The number of hydrogen-bond acceptors (Lipinski definition) is 6. The van der Waals surface area contributed by atoms with Gasteiger partial charge in [-0.1, -0.05) is 0 Å². The average molecular weight is 358 g/mol. The summed E-state index contributed by atoms with van der Waals surface area (Å²) < 4.78 is 1.34. The SMILES string of the molecule is Cc1ncnc(N2CCN(C(=O)CCn3ccc(=O)[nH]c3=O)CC2)c1C. The topological polar surface area (TPSA) is 104 Å². The predicted octanol–water partition coefficient (Wildman–Crippen LogP) is -0.318. The number of carbonyl (C=O) groups excluding carboxylic acids is 1. The molecule has 0 unspecified atom stereocenters. The molecule has 0 aromatic carbocycles. The van der Waals surface area contributed by atoms with Crippen molar-refractivity contribution in [3.05, 3.63) is 50.7 Å². The van der Waals surface area contributed by atoms with Crippen LogP contribution in [-0.2, 0) is 11.3 Å². The number of aryl methyl sites for hydroxylation is 2. The molecule has 0 spiro atoms. The Morgan fingerprint density at radius 3 is 2.58 bits per heavy atom. The van der Waals surface area contributed by atoms with Gasteiger partial charge in [-0.15, -0.1) is 0 Å². The molecule has 138 valence electrons. The lowest BCUT2D eigenvalue weighted by molar-refractivity contribution is -0.131. The number of anilines is 1. The monoisotopic (exact) mass is 358 g/mol. The van der Waals surface area contributed by atoms with Gasteiger partial charge in [0.05, 0.1) is 0 Å². The average Bonchev–Trinajstić information content (AvgIpc) is 2.63. The maximum absolute atomic E-state index is 12.4. The van der Waals surface area contributed by atoms with Crippen LogP contribution in [0.15, 0.2) is 28.2 Å². The van der Waals surface area contributed by atoms with Crippen molar-refractivity contribution in [3.63, 3.8) is 0 Å². The molecule has 1 N–H and O–H groups in total. The first-order valence-electron chi connectivity index (χ1n) is 8.56. The van der Waals surface area contributed by atoms with Gasteiger partial charge in [0, 0.05) is 62.7 Å². The van der Waals surface area contributed by atoms with E-state index >= 15 is 0 Å². The Morgan fingerprint density at radius 1 is 1.15 bits per heavy atom. The lowest BCUT2D eigenvalue weighted by atomic mass is 10.2. The van der Waals surface area contributed by atoms with Gasteiger partial charge in [0.15, 0.2) is 0 Å². The zero-order valence-electron chi connectivity index (χ0n) is 14.9. The molecule has 2 aromatic rings. The molecule has 0 saturated carbocycles. The molecule has 3 heterocycles. The van der Waals surface area contributed by atoms with E-state index < -0.39 is 11.2 Å². The van der Waals surface area contributed by atoms with E-state index in [4.69, 9.17) is 0 Å². The molecule has 0 radical (unpaired) electrons. The number of rotatable bonds is 4. The number of carbonyl (C=O) groups is 1. The normalized spacial score (nSPS) is 14.5. The van der Waals surface area contributed by atoms with Crippen LogP contribution in [0.25, 0.3) is 0 Å². The van der Waals surface area contributed by atoms with Crippen LogP contribution >= 0.6 is 0 Å². The molecular weight excluding hydrogens is 336 g/mol. The Balaban J connectivity index is 1.56. The van der Waals surface area contributed by atoms with Gasteiger partial charge in [-0.3, -0.25) is 14.6 Å². The standard InChI is InChI=1S/C17H22N6O3/c1-12-13(2)18-11-19-16(12)22-9-7-21(8-10-22)15(25)4-6-23-5-3-14(24)20-17(23)26/h3,5,11H,4,6-10H2,1-2H3,(H,20,24,26). The Morgan fingerprint density at radius 2 is 1.88 bits per heavy atom. The highest BCUT2D eigenvalue weighted by molar-refractivity contribution is 5.76. The number of nitrogens with zero attached hydrogens (tertiary/aromatic N) is 5. The molecule has 0 atom stereocenters. The van der Waals surface area contributed by atoms with Gasteiger partial charge in [-0.2, -0.15) is 0 Å². The van der Waals surface area contributed by atoms with Gasteiger partial charge in [0.1, 0.15) is 12.1 Å². The molecule has 9 heteroatoms. The smallest absolute Gasteiger partial charge is 0.328 e. The van der Waals surface area contributed by atoms with E-state index in [0.29, 0.717) is 26.2 Å². The van der Waals surface area contributed by atoms with Gasteiger partial charge in [0.2, 0.25) is 5.91 Å². The van der Waals surface area contributed by atoms with Crippen molar-refractivity contribution in [2.75, 3.05) is 31.1 Å². The van der Waals surface area contributed by atoms with Crippen LogP contribution in [0.4, 0.5) is 5.82 Å². The van der Waals surface area contributed by atoms with Gasteiger partial charge >= 0.3 is 5.69 Å². The molecule has 1 saturated heterocycles. The first kappa shape index (κ1) is 17.8. The Labute approximate surface area is 150 Å². The number of hydrogen-bond donors (Lipinski definition) is 1. The minimum absolute atomic E-state index is 0.00154. The highest BCUT2D eigenvalue weighted by Gasteiger charge is 2.23. The first-order valence-corrected chi connectivity index (χ1v) is 8.56. The molecule has 1 amide bonds. The predicted molar refractivity (Wildman–Crippen MR) is 96.2 cm³/mol. The second kappa shape index (κ2) is 7.51. The largest absolute Gasteiger partial charge is 0.353 e. The molecule has 2 aromatic heterocycles. The third-order valence-electron chi connectivity index (χ3n) is 4.70. The lowest BCUT2D eigenvalue weighted by Crippen LogP contribution is -2.49. The molecule has 9 nitrogen and oxygen atoms in total. The number of aromatic nitrogens is 4. The zero-order chi connectivity index (χ0) is 18.7. The fourth-order valence-corrected chi connectivity index (χ4v) is 3.01. The van der Waals surface area contributed by atoms with Crippen molar-refractivity contribution in [2.24, 2.45) is 0 Å². The molecule has 1 aliphatic rings. The summed E-state index contributed by atoms with van der Waals surface area (Å²) in [5.74, 6) is 0.919. The molecule has 3 rings (SSSR count). The fourth-order valence-electron chi connectivity index (χ4n) is 3.01. The van der Waals surface area contributed by atoms with Gasteiger partial charge in [-0.25, -0.2) is 14.8 Å². The zero-order valence-corrected chi connectivity index (χ0v) is 14.9. The highest BCUT2D eigenvalue weighted by Crippen LogP contribution is 2.19. The second-order valence-corrected chi connectivity index (χ2v) is 6.33. The van der Waals surface area contributed by atoms with E-state index in [2.05, 4.69) is 19.9 Å². The summed E-state index contributed by atoms with van der Waals surface area (Å²) in [7, 11) is 0. The molecule has 0 aliphatic carbocycles. The number of amides is 1. The summed E-state index contributed by atoms with van der Waals surface area (Å²) in [5.41, 5.74) is 1.08. The molecule has 1 fully saturated rings. The quantitative estimate of drug-likeness (QED) is 0.803. The molecule has 0 bridgehead atoms. The number of nitrogens with one attached hydrogen (secondary N) is 1. The van der Waals surface area contributed by atoms with Gasteiger partial charge < -0.3 is 14.4 Å². The van der Waals surface area contributed by atoms with Gasteiger partial charge in [-0.05, 0) is 13.8 Å². The van der Waals surface area contributed by atoms with Crippen LogP contribution in [0.2, 0.25) is 0 Å². The van der Waals surface area contributed by atoms with Crippen molar-refractivity contribution in [1.82, 2.24) is 24.4 Å². The Bertz CT molecular complexity index is 911. The highest BCUT2D eigenvalue weighted by atomic mass is 16.2. The summed E-state index contributed by atoms with van der Waals surface area (Å²) in [6.07, 6.45) is 3.20. The van der Waals surface area contributed by atoms with E-state index in [0.717, 1.165) is 17.1 Å². The van der Waals surface area contributed by atoms with E-state index in [1.54, 1.807) is 11.2 Å². The van der Waals surface area contributed by atoms with E-state index in [1.807, 2.05) is 13.8 Å². The number of H-pyrrole nitrogens is 1. The number of aromatic amines is 1. The van der Waals surface area contributed by atoms with E-state index in [9.17, 15) is 14.4 Å². The third-order valence-corrected chi connectivity index (χ3v) is 4.70. The van der Waals surface area contributed by atoms with Crippen LogP contribution in [-0.4, -0.2) is 56.5 Å². The van der Waals surface area contributed by atoms with Crippen molar-refractivity contribution in [2.45, 2.75) is 26.8 Å². The van der Waals surface area contributed by atoms with E-state index in [-0.39, 0.29) is 18.9 Å². The summed E-state index contributed by atoms with van der Waals surface area (Å²) in [5, 5.41) is 0. The van der Waals surface area contributed by atoms with Crippen LogP contribution < -0.4 is 16.1 Å². The summed E-state index contributed by atoms with van der Waals surface area (Å²) >= 11 is 0. The maximum Gasteiger partial charge on any atom is 0.328 e. The van der Waals surface area contributed by atoms with Crippen molar-refractivity contribution in [1.29, 1.82) is 0 Å². The summed E-state index contributed by atoms with van der Waals surface area (Å²) in [4.78, 5) is 49.8. The number of piperazine rings is 1. The van der Waals surface area contributed by atoms with Crippen LogP contribution in [0.3, 0.4) is 0 Å². The minimum Gasteiger partial charge on any atom is -0.353 e. The Kier molecular flexibility index (Phi) is 5.15. The van der Waals surface area contributed by atoms with E-state index in [1.165, 1.54) is 16.8 Å². The maximum atomic E-state index is 12.4.